The van der Waals surface area contributed by atoms with Crippen molar-refractivity contribution in [2.24, 2.45) is 0 Å². The summed E-state index contributed by atoms with van der Waals surface area (Å²) in [6.07, 6.45) is -2.65. The molecule has 14 nitrogen and oxygen atoms in total. The summed E-state index contributed by atoms with van der Waals surface area (Å²) < 4.78 is 12.3. The Hall–Kier alpha value is -4.01. The molecular formula is C22H26N6O8. The van der Waals surface area contributed by atoms with E-state index in [4.69, 9.17) is 14.6 Å². The van der Waals surface area contributed by atoms with E-state index in [1.54, 1.807) is 24.3 Å². The van der Waals surface area contributed by atoms with Gasteiger partial charge in [0, 0.05) is 19.5 Å². The van der Waals surface area contributed by atoms with Crippen molar-refractivity contribution < 1.29 is 39.5 Å². The molecule has 0 saturated carbocycles. The first-order valence-corrected chi connectivity index (χ1v) is 11.2. The van der Waals surface area contributed by atoms with E-state index in [1.165, 1.54) is 17.2 Å². The van der Waals surface area contributed by atoms with Crippen molar-refractivity contribution in [3.63, 3.8) is 0 Å². The number of carboxylic acid groups (broad SMARTS) is 1. The first-order chi connectivity index (χ1) is 17.3. The highest BCUT2D eigenvalue weighted by Gasteiger charge is 2.45. The lowest BCUT2D eigenvalue weighted by Crippen LogP contribution is -2.36. The Labute approximate surface area is 204 Å². The normalized spacial score (nSPS) is 21.4. The molecule has 1 saturated heterocycles. The van der Waals surface area contributed by atoms with Crippen molar-refractivity contribution in [3.8, 4) is 5.75 Å². The van der Waals surface area contributed by atoms with E-state index >= 15 is 0 Å². The second kappa shape index (κ2) is 11.2. The number of aromatic nitrogens is 4. The van der Waals surface area contributed by atoms with E-state index in [1.807, 2.05) is 0 Å². The van der Waals surface area contributed by atoms with Crippen LogP contribution >= 0.6 is 0 Å². The number of benzene rings is 1. The Morgan fingerprint density at radius 1 is 1.11 bits per heavy atom. The molecule has 36 heavy (non-hydrogen) atoms. The van der Waals surface area contributed by atoms with Crippen LogP contribution in [0.1, 0.15) is 24.6 Å². The summed E-state index contributed by atoms with van der Waals surface area (Å²) >= 11 is 0. The summed E-state index contributed by atoms with van der Waals surface area (Å²) in [4.78, 5) is 35.1. The van der Waals surface area contributed by atoms with Gasteiger partial charge in [0.1, 0.15) is 37.0 Å². The molecule has 1 unspecified atom stereocenters. The fraction of sp³-hybridized carbons (Fsp3) is 0.409. The predicted octanol–water partition coefficient (Wildman–Crippen LogP) is 0.354. The number of imidazole rings is 1. The number of aliphatic hydroxyl groups is 2. The zero-order valence-corrected chi connectivity index (χ0v) is 19.0. The number of ether oxygens (including phenoxy) is 2. The van der Waals surface area contributed by atoms with Crippen molar-refractivity contribution in [2.75, 3.05) is 18.5 Å². The third kappa shape index (κ3) is 5.79. The SMILES string of the molecule is O=C(O)CCCNC(=O)OC[C@H]1O[C@@H](n2cnc3c(NCc4ccc(O)cc4)ncnc32)[C@@H](O)C1O. The number of carbonyl (C=O) groups is 2. The number of hydrogen-bond acceptors (Lipinski definition) is 11. The van der Waals surface area contributed by atoms with Crippen LogP contribution in [0.5, 0.6) is 5.75 Å². The second-order valence-corrected chi connectivity index (χ2v) is 8.14. The zero-order valence-electron chi connectivity index (χ0n) is 19.0. The standard InChI is InChI=1S/C22H26N6O8/c29-13-5-3-12(4-6-13)8-24-19-16-20(26-10-25-19)28(11-27-16)21-18(33)17(32)14(36-21)9-35-22(34)23-7-1-2-15(30)31/h3-6,10-11,14,17-18,21,29,32-33H,1-2,7-9H2,(H,23,34)(H,30,31)(H,24,25,26)/t14-,17?,18+,21-/m1/s1. The van der Waals surface area contributed by atoms with E-state index in [2.05, 4.69) is 25.6 Å². The van der Waals surface area contributed by atoms with E-state index in [0.717, 1.165) is 5.56 Å². The van der Waals surface area contributed by atoms with Crippen LogP contribution in [-0.2, 0) is 20.8 Å². The smallest absolute Gasteiger partial charge is 0.407 e. The summed E-state index contributed by atoms with van der Waals surface area (Å²) in [6.45, 7) is 0.202. The van der Waals surface area contributed by atoms with Crippen LogP contribution in [0.2, 0.25) is 0 Å². The quantitative estimate of drug-likeness (QED) is 0.208. The van der Waals surface area contributed by atoms with Crippen molar-refractivity contribution in [1.82, 2.24) is 24.8 Å². The van der Waals surface area contributed by atoms with Crippen LogP contribution in [-0.4, -0.2) is 83.5 Å². The van der Waals surface area contributed by atoms with Crippen molar-refractivity contribution >= 4 is 29.0 Å². The minimum absolute atomic E-state index is 0.0882. The highest BCUT2D eigenvalue weighted by molar-refractivity contribution is 5.82. The van der Waals surface area contributed by atoms with Crippen LogP contribution in [0.15, 0.2) is 36.9 Å². The van der Waals surface area contributed by atoms with Crippen LogP contribution < -0.4 is 10.6 Å². The topological polar surface area (TPSA) is 201 Å². The van der Waals surface area contributed by atoms with Gasteiger partial charge in [0.25, 0.3) is 0 Å². The molecule has 1 aliphatic rings. The second-order valence-electron chi connectivity index (χ2n) is 8.14. The molecule has 1 amide bonds. The Bertz CT molecular complexity index is 1200. The van der Waals surface area contributed by atoms with Gasteiger partial charge in [0.05, 0.1) is 6.33 Å². The number of aliphatic hydroxyl groups excluding tert-OH is 2. The molecule has 0 aliphatic carbocycles. The molecule has 0 spiro atoms. The molecule has 1 aromatic carbocycles. The number of amides is 1. The number of rotatable bonds is 10. The van der Waals surface area contributed by atoms with E-state index in [9.17, 15) is 24.9 Å². The van der Waals surface area contributed by atoms with Crippen LogP contribution in [0.25, 0.3) is 11.2 Å². The first-order valence-electron chi connectivity index (χ1n) is 11.2. The number of alkyl carbamates (subject to hydrolysis) is 1. The van der Waals surface area contributed by atoms with E-state index in [0.29, 0.717) is 23.5 Å². The number of phenolic OH excluding ortho intramolecular Hbond substituents is 1. The third-order valence-electron chi connectivity index (χ3n) is 5.58. The molecule has 3 heterocycles. The van der Waals surface area contributed by atoms with E-state index in [-0.39, 0.29) is 31.7 Å². The molecule has 2 aromatic heterocycles. The summed E-state index contributed by atoms with van der Waals surface area (Å²) in [5.74, 6) is -0.358. The zero-order chi connectivity index (χ0) is 25.7. The number of aromatic hydroxyl groups is 1. The third-order valence-corrected chi connectivity index (χ3v) is 5.58. The molecule has 4 rings (SSSR count). The summed E-state index contributed by atoms with van der Waals surface area (Å²) in [5, 5.41) is 44.6. The number of hydrogen-bond donors (Lipinski definition) is 6. The van der Waals surface area contributed by atoms with Gasteiger partial charge in [-0.25, -0.2) is 19.7 Å². The number of nitrogens with zero attached hydrogens (tertiary/aromatic N) is 4. The maximum atomic E-state index is 11.8. The van der Waals surface area contributed by atoms with Crippen molar-refractivity contribution in [2.45, 2.75) is 43.9 Å². The minimum Gasteiger partial charge on any atom is -0.508 e. The Balaban J connectivity index is 1.38. The number of carbonyl (C=O) groups excluding carboxylic acids is 1. The van der Waals surface area contributed by atoms with Gasteiger partial charge >= 0.3 is 12.1 Å². The largest absolute Gasteiger partial charge is 0.508 e. The van der Waals surface area contributed by atoms with Crippen molar-refractivity contribution in [3.05, 3.63) is 42.5 Å². The fourth-order valence-corrected chi connectivity index (χ4v) is 3.70. The van der Waals surface area contributed by atoms with Gasteiger partial charge in [0.2, 0.25) is 0 Å². The lowest BCUT2D eigenvalue weighted by atomic mass is 10.1. The van der Waals surface area contributed by atoms with Gasteiger partial charge in [-0.3, -0.25) is 9.36 Å². The molecule has 3 aromatic rings. The Morgan fingerprint density at radius 2 is 1.89 bits per heavy atom. The molecular weight excluding hydrogens is 476 g/mol. The molecule has 1 fully saturated rings. The number of aliphatic carboxylic acids is 1. The van der Waals surface area contributed by atoms with Gasteiger partial charge in [-0.1, -0.05) is 12.1 Å². The van der Waals surface area contributed by atoms with Gasteiger partial charge in [0.15, 0.2) is 23.2 Å². The predicted molar refractivity (Wildman–Crippen MR) is 123 cm³/mol. The van der Waals surface area contributed by atoms with Crippen LogP contribution in [0, 0.1) is 0 Å². The van der Waals surface area contributed by atoms with Gasteiger partial charge in [-0.15, -0.1) is 0 Å². The van der Waals surface area contributed by atoms with E-state index < -0.39 is 36.6 Å². The summed E-state index contributed by atoms with van der Waals surface area (Å²) in [6, 6.07) is 6.69. The molecule has 4 atom stereocenters. The molecule has 192 valence electrons. The fourth-order valence-electron chi connectivity index (χ4n) is 3.70. The van der Waals surface area contributed by atoms with Gasteiger partial charge in [-0.05, 0) is 24.1 Å². The summed E-state index contributed by atoms with van der Waals surface area (Å²) in [5.41, 5.74) is 1.68. The van der Waals surface area contributed by atoms with Crippen LogP contribution in [0.3, 0.4) is 0 Å². The Kier molecular flexibility index (Phi) is 7.77. The minimum atomic E-state index is -1.35. The number of nitrogens with one attached hydrogen (secondary N) is 2. The highest BCUT2D eigenvalue weighted by atomic mass is 16.6. The molecule has 0 radical (unpaired) electrons. The first kappa shape index (κ1) is 25.1. The molecule has 6 N–H and O–H groups in total. The molecule has 1 aliphatic heterocycles. The monoisotopic (exact) mass is 502 g/mol. The molecule has 14 heteroatoms. The number of carboxylic acids is 1. The maximum absolute atomic E-state index is 11.8. The number of phenols is 1. The number of anilines is 1. The Morgan fingerprint density at radius 3 is 2.64 bits per heavy atom. The summed E-state index contributed by atoms with van der Waals surface area (Å²) in [7, 11) is 0. The van der Waals surface area contributed by atoms with Crippen LogP contribution in [0.4, 0.5) is 10.6 Å². The lowest BCUT2D eigenvalue weighted by molar-refractivity contribution is -0.137. The average molecular weight is 502 g/mol. The lowest BCUT2D eigenvalue weighted by Gasteiger charge is -2.16. The molecule has 0 bridgehead atoms. The average Bonchev–Trinajstić information content (AvgIpc) is 3.41. The maximum Gasteiger partial charge on any atom is 0.407 e. The number of fused-ring (bicyclic) bond motifs is 1. The highest BCUT2D eigenvalue weighted by Crippen LogP contribution is 2.32. The van der Waals surface area contributed by atoms with Gasteiger partial charge < -0.3 is 40.5 Å². The van der Waals surface area contributed by atoms with Crippen molar-refractivity contribution in [1.29, 1.82) is 0 Å². The van der Waals surface area contributed by atoms with Gasteiger partial charge in [-0.2, -0.15) is 0 Å².